The number of rotatable bonds is 5. The Morgan fingerprint density at radius 1 is 1.29 bits per heavy atom. The summed E-state index contributed by atoms with van der Waals surface area (Å²) in [5.74, 6) is 0.724. The fourth-order valence-electron chi connectivity index (χ4n) is 2.09. The molecule has 1 N–H and O–H groups in total. The summed E-state index contributed by atoms with van der Waals surface area (Å²) < 4.78 is 1.29. The van der Waals surface area contributed by atoms with Crippen LogP contribution in [0.1, 0.15) is 25.3 Å². The van der Waals surface area contributed by atoms with E-state index in [1.165, 1.54) is 16.1 Å². The van der Waals surface area contributed by atoms with Crippen LogP contribution in [0.3, 0.4) is 0 Å². The van der Waals surface area contributed by atoms with E-state index in [1.807, 2.05) is 18.4 Å². The third-order valence-electron chi connectivity index (χ3n) is 2.92. The zero-order valence-electron chi connectivity index (χ0n) is 10.7. The summed E-state index contributed by atoms with van der Waals surface area (Å²) >= 11 is 1.82. The standard InChI is InChI=1S/C14H20N2S/c1-10(2)8-11(15-3)9-14-16-12-6-4-5-7-13(12)17-14/h4-7,10-11,15H,8-9H2,1-3H3. The van der Waals surface area contributed by atoms with Gasteiger partial charge in [0.2, 0.25) is 0 Å². The van der Waals surface area contributed by atoms with Crippen LogP contribution in [0, 0.1) is 5.92 Å². The van der Waals surface area contributed by atoms with E-state index in [0.29, 0.717) is 6.04 Å². The Balaban J connectivity index is 2.11. The number of thiazole rings is 1. The second-order valence-electron chi connectivity index (χ2n) is 4.89. The Morgan fingerprint density at radius 2 is 2.06 bits per heavy atom. The normalized spacial score (nSPS) is 13.4. The molecule has 92 valence electrons. The summed E-state index contributed by atoms with van der Waals surface area (Å²) in [6.07, 6.45) is 2.24. The quantitative estimate of drug-likeness (QED) is 0.876. The van der Waals surface area contributed by atoms with Crippen LogP contribution in [0.15, 0.2) is 24.3 Å². The van der Waals surface area contributed by atoms with Crippen LogP contribution >= 0.6 is 11.3 Å². The van der Waals surface area contributed by atoms with Gasteiger partial charge in [0.1, 0.15) is 0 Å². The minimum absolute atomic E-state index is 0.538. The largest absolute Gasteiger partial charge is 0.317 e. The van der Waals surface area contributed by atoms with Crippen molar-refractivity contribution in [3.8, 4) is 0 Å². The third-order valence-corrected chi connectivity index (χ3v) is 3.98. The fourth-order valence-corrected chi connectivity index (χ4v) is 3.14. The van der Waals surface area contributed by atoms with Gasteiger partial charge in [-0.2, -0.15) is 0 Å². The van der Waals surface area contributed by atoms with Gasteiger partial charge in [-0.3, -0.25) is 0 Å². The van der Waals surface area contributed by atoms with Crippen molar-refractivity contribution in [2.24, 2.45) is 5.92 Å². The van der Waals surface area contributed by atoms with Crippen LogP contribution in [0.25, 0.3) is 10.2 Å². The van der Waals surface area contributed by atoms with Crippen molar-refractivity contribution in [3.05, 3.63) is 29.3 Å². The fraction of sp³-hybridized carbons (Fsp3) is 0.500. The SMILES string of the molecule is CNC(Cc1nc2ccccc2s1)CC(C)C. The van der Waals surface area contributed by atoms with Gasteiger partial charge in [-0.25, -0.2) is 4.98 Å². The lowest BCUT2D eigenvalue weighted by Gasteiger charge is -2.16. The highest BCUT2D eigenvalue weighted by atomic mass is 32.1. The molecule has 0 radical (unpaired) electrons. The van der Waals surface area contributed by atoms with Crippen molar-refractivity contribution in [1.29, 1.82) is 0 Å². The molecule has 0 aliphatic heterocycles. The molecule has 1 heterocycles. The molecule has 2 aromatic rings. The van der Waals surface area contributed by atoms with E-state index in [1.54, 1.807) is 0 Å². The first-order chi connectivity index (χ1) is 8.19. The number of hydrogen-bond acceptors (Lipinski definition) is 3. The van der Waals surface area contributed by atoms with Gasteiger partial charge in [-0.1, -0.05) is 26.0 Å². The molecule has 0 bridgehead atoms. The van der Waals surface area contributed by atoms with Crippen LogP contribution in [0.5, 0.6) is 0 Å². The van der Waals surface area contributed by atoms with Gasteiger partial charge >= 0.3 is 0 Å². The van der Waals surface area contributed by atoms with E-state index < -0.39 is 0 Å². The number of hydrogen-bond donors (Lipinski definition) is 1. The summed E-state index contributed by atoms with van der Waals surface area (Å²) in [6.45, 7) is 4.53. The van der Waals surface area contributed by atoms with Crippen LogP contribution in [-0.4, -0.2) is 18.1 Å². The van der Waals surface area contributed by atoms with E-state index in [2.05, 4.69) is 48.4 Å². The maximum Gasteiger partial charge on any atom is 0.0954 e. The summed E-state index contributed by atoms with van der Waals surface area (Å²) in [4.78, 5) is 4.69. The number of fused-ring (bicyclic) bond motifs is 1. The van der Waals surface area contributed by atoms with Crippen molar-refractivity contribution < 1.29 is 0 Å². The van der Waals surface area contributed by atoms with Crippen LogP contribution in [0.4, 0.5) is 0 Å². The number of benzene rings is 1. The molecular formula is C14H20N2S. The zero-order chi connectivity index (χ0) is 12.3. The molecule has 0 aliphatic carbocycles. The van der Waals surface area contributed by atoms with Crippen molar-refractivity contribution in [2.45, 2.75) is 32.7 Å². The van der Waals surface area contributed by atoms with Crippen molar-refractivity contribution in [3.63, 3.8) is 0 Å². The molecule has 0 amide bonds. The van der Waals surface area contributed by atoms with Crippen LogP contribution in [-0.2, 0) is 6.42 Å². The van der Waals surface area contributed by atoms with Gasteiger partial charge in [0, 0.05) is 12.5 Å². The van der Waals surface area contributed by atoms with Gasteiger partial charge in [-0.05, 0) is 31.5 Å². The molecule has 2 rings (SSSR count). The zero-order valence-corrected chi connectivity index (χ0v) is 11.6. The lowest BCUT2D eigenvalue weighted by atomic mass is 10.0. The minimum Gasteiger partial charge on any atom is -0.317 e. The monoisotopic (exact) mass is 248 g/mol. The van der Waals surface area contributed by atoms with Crippen molar-refractivity contribution in [2.75, 3.05) is 7.05 Å². The molecule has 1 aromatic carbocycles. The first kappa shape index (κ1) is 12.5. The van der Waals surface area contributed by atoms with Gasteiger partial charge in [0.25, 0.3) is 0 Å². The van der Waals surface area contributed by atoms with E-state index in [0.717, 1.165) is 17.9 Å². The molecule has 3 heteroatoms. The van der Waals surface area contributed by atoms with Gasteiger partial charge in [0.05, 0.1) is 15.2 Å². The van der Waals surface area contributed by atoms with Crippen molar-refractivity contribution >= 4 is 21.6 Å². The predicted molar refractivity (Wildman–Crippen MR) is 75.6 cm³/mol. The highest BCUT2D eigenvalue weighted by Crippen LogP contribution is 2.23. The Kier molecular flexibility index (Phi) is 4.13. The average molecular weight is 248 g/mol. The molecule has 0 spiro atoms. The van der Waals surface area contributed by atoms with E-state index >= 15 is 0 Å². The Morgan fingerprint density at radius 3 is 2.71 bits per heavy atom. The molecule has 0 saturated heterocycles. The first-order valence-electron chi connectivity index (χ1n) is 6.20. The maximum absolute atomic E-state index is 4.69. The highest BCUT2D eigenvalue weighted by Gasteiger charge is 2.12. The molecule has 17 heavy (non-hydrogen) atoms. The second-order valence-corrected chi connectivity index (χ2v) is 6.01. The van der Waals surface area contributed by atoms with E-state index in [4.69, 9.17) is 0 Å². The van der Waals surface area contributed by atoms with E-state index in [9.17, 15) is 0 Å². The van der Waals surface area contributed by atoms with Gasteiger partial charge in [-0.15, -0.1) is 11.3 Å². The first-order valence-corrected chi connectivity index (χ1v) is 7.02. The third kappa shape index (κ3) is 3.27. The number of aromatic nitrogens is 1. The van der Waals surface area contributed by atoms with Gasteiger partial charge in [0.15, 0.2) is 0 Å². The molecule has 0 saturated carbocycles. The summed E-state index contributed by atoms with van der Waals surface area (Å²) in [5.41, 5.74) is 1.13. The average Bonchev–Trinajstić information content (AvgIpc) is 2.69. The van der Waals surface area contributed by atoms with Gasteiger partial charge < -0.3 is 5.32 Å². The number of likely N-dealkylation sites (N-methyl/N-ethyl adjacent to an activating group) is 1. The lowest BCUT2D eigenvalue weighted by Crippen LogP contribution is -2.29. The summed E-state index contributed by atoms with van der Waals surface area (Å²) in [7, 11) is 2.04. The predicted octanol–water partition coefficient (Wildman–Crippen LogP) is 3.47. The van der Waals surface area contributed by atoms with E-state index in [-0.39, 0.29) is 0 Å². The lowest BCUT2D eigenvalue weighted by molar-refractivity contribution is 0.440. The number of nitrogens with one attached hydrogen (secondary N) is 1. The van der Waals surface area contributed by atoms with Crippen LogP contribution < -0.4 is 5.32 Å². The Hall–Kier alpha value is -0.930. The van der Waals surface area contributed by atoms with Crippen LogP contribution in [0.2, 0.25) is 0 Å². The molecule has 0 fully saturated rings. The molecular weight excluding hydrogens is 228 g/mol. The van der Waals surface area contributed by atoms with Crippen molar-refractivity contribution in [1.82, 2.24) is 10.3 Å². The molecule has 1 aromatic heterocycles. The molecule has 0 aliphatic rings. The minimum atomic E-state index is 0.538. The molecule has 1 unspecified atom stereocenters. The smallest absolute Gasteiger partial charge is 0.0954 e. The molecule has 2 nitrogen and oxygen atoms in total. The molecule has 1 atom stereocenters. The summed E-state index contributed by atoms with van der Waals surface area (Å²) in [5, 5.41) is 4.63. The highest BCUT2D eigenvalue weighted by molar-refractivity contribution is 7.18. The number of para-hydroxylation sites is 1. The topological polar surface area (TPSA) is 24.9 Å². The summed E-state index contributed by atoms with van der Waals surface area (Å²) in [6, 6.07) is 8.90. The Bertz CT molecular complexity index is 443. The second kappa shape index (κ2) is 5.61. The maximum atomic E-state index is 4.69. The number of nitrogens with zero attached hydrogens (tertiary/aromatic N) is 1. The Labute approximate surface area is 107 Å².